The number of benzene rings is 2. The molecule has 2 amide bonds. The average Bonchev–Trinajstić information content (AvgIpc) is 3.56. The van der Waals surface area contributed by atoms with Gasteiger partial charge in [-0.2, -0.15) is 0 Å². The Morgan fingerprint density at radius 2 is 1.76 bits per heavy atom. The molecule has 1 aliphatic carbocycles. The van der Waals surface area contributed by atoms with Gasteiger partial charge in [-0.05, 0) is 70.2 Å². The zero-order valence-electron chi connectivity index (χ0n) is 27.7. The van der Waals surface area contributed by atoms with Crippen LogP contribution in [-0.2, 0) is 14.6 Å². The van der Waals surface area contributed by atoms with Gasteiger partial charge in [-0.15, -0.1) is 0 Å². The van der Waals surface area contributed by atoms with Crippen LogP contribution in [0.1, 0.15) is 52.9 Å². The number of carbonyl (C=O) groups is 2. The molecule has 0 unspecified atom stereocenters. The molecule has 268 valence electrons. The van der Waals surface area contributed by atoms with Gasteiger partial charge in [0.05, 0.1) is 26.4 Å². The number of rotatable bonds is 12. The smallest absolute Gasteiger partial charge is 0.329 e. The van der Waals surface area contributed by atoms with Crippen molar-refractivity contribution in [3.63, 3.8) is 0 Å². The Hall–Kier alpha value is -3.59. The van der Waals surface area contributed by atoms with E-state index in [1.54, 1.807) is 29.4 Å². The third kappa shape index (κ3) is 12.1. The Bertz CT molecular complexity index is 1680. The monoisotopic (exact) mass is 758 g/mol. The van der Waals surface area contributed by atoms with Crippen molar-refractivity contribution < 1.29 is 27.7 Å². The fraction of sp³-hybridized carbons (Fsp3) is 0.469. The maximum absolute atomic E-state index is 12.3. The maximum Gasteiger partial charge on any atom is 0.329 e. The number of amides is 2. The molecule has 0 aliphatic heterocycles. The predicted molar refractivity (Wildman–Crippen MR) is 191 cm³/mol. The second-order valence-electron chi connectivity index (χ2n) is 11.9. The highest BCUT2D eigenvalue weighted by Gasteiger charge is 2.28. The van der Waals surface area contributed by atoms with E-state index >= 15 is 0 Å². The minimum absolute atomic E-state index is 0.0355. The maximum atomic E-state index is 12.3. The molecule has 2 N–H and O–H groups in total. The Balaban J connectivity index is 0.000000267. The van der Waals surface area contributed by atoms with E-state index in [0.29, 0.717) is 59.6 Å². The van der Waals surface area contributed by atoms with Gasteiger partial charge in [0.25, 0.3) is 5.69 Å². The van der Waals surface area contributed by atoms with Crippen molar-refractivity contribution in [2.24, 2.45) is 5.92 Å². The van der Waals surface area contributed by atoms with Crippen molar-refractivity contribution in [3.8, 4) is 5.75 Å². The summed E-state index contributed by atoms with van der Waals surface area (Å²) in [7, 11) is -3.46. The lowest BCUT2D eigenvalue weighted by molar-refractivity contribution is -0.384. The zero-order chi connectivity index (χ0) is 36.3. The second-order valence-corrected chi connectivity index (χ2v) is 15.1. The zero-order valence-corrected chi connectivity index (χ0v) is 30.8. The van der Waals surface area contributed by atoms with Gasteiger partial charge in [-0.1, -0.05) is 41.7 Å². The Morgan fingerprint density at radius 1 is 1.10 bits per heavy atom. The lowest BCUT2D eigenvalue weighted by Crippen LogP contribution is -2.38. The number of nitrogens with zero attached hydrogens (tertiary/aromatic N) is 4. The number of anilines is 1. The fourth-order valence-electron chi connectivity index (χ4n) is 5.18. The summed E-state index contributed by atoms with van der Waals surface area (Å²) in [6.07, 6.45) is 9.31. The van der Waals surface area contributed by atoms with E-state index in [1.165, 1.54) is 29.1 Å². The highest BCUT2D eigenvalue weighted by Crippen LogP contribution is 2.36. The van der Waals surface area contributed by atoms with Gasteiger partial charge in [-0.3, -0.25) is 19.5 Å². The summed E-state index contributed by atoms with van der Waals surface area (Å²) in [6.45, 7) is 7.12. The van der Waals surface area contributed by atoms with Crippen LogP contribution in [0.2, 0.25) is 15.1 Å². The lowest BCUT2D eigenvalue weighted by atomic mass is 9.85. The first kappa shape index (κ1) is 39.8. The van der Waals surface area contributed by atoms with Crippen LogP contribution in [0.5, 0.6) is 5.75 Å². The number of hydrogen-bond acceptors (Lipinski definition) is 9. The largest absolute Gasteiger partial charge is 0.489 e. The van der Waals surface area contributed by atoms with Gasteiger partial charge in [0, 0.05) is 54.3 Å². The number of imidazole rings is 1. The van der Waals surface area contributed by atoms with Crippen LogP contribution in [0.25, 0.3) is 0 Å². The van der Waals surface area contributed by atoms with E-state index in [2.05, 4.69) is 15.6 Å². The first-order valence-electron chi connectivity index (χ1n) is 15.7. The minimum atomic E-state index is -3.46. The van der Waals surface area contributed by atoms with Crippen LogP contribution in [0, 0.1) is 16.0 Å². The molecule has 0 saturated heterocycles. The molecule has 13 nitrogen and oxygen atoms in total. The quantitative estimate of drug-likeness (QED) is 0.145. The molecule has 3 aromatic rings. The summed E-state index contributed by atoms with van der Waals surface area (Å²) in [5, 5.41) is 18.4. The minimum Gasteiger partial charge on any atom is -0.489 e. The van der Waals surface area contributed by atoms with Gasteiger partial charge in [0.15, 0.2) is 15.6 Å². The Labute approximate surface area is 301 Å². The highest BCUT2D eigenvalue weighted by atomic mass is 35.5. The number of nitrogens with one attached hydrogen (secondary N) is 2. The topological polar surface area (TPSA) is 166 Å². The van der Waals surface area contributed by atoms with Gasteiger partial charge < -0.3 is 20.3 Å². The molecule has 0 radical (unpaired) electrons. The van der Waals surface area contributed by atoms with Crippen LogP contribution in [0.4, 0.5) is 16.2 Å². The van der Waals surface area contributed by atoms with E-state index in [9.17, 15) is 28.1 Å². The summed E-state index contributed by atoms with van der Waals surface area (Å²) >= 11 is 18.0. The molecule has 0 spiro atoms. The number of nitro groups is 1. The SMILES string of the molecule is CC(C)NC(=O)C1CCC(Nc2cc(S(C)(=O)=O)ccc2[N+](=O)[O-])CC1.CCCN(CCOc1c(Cl)cc(Cl)cc1Cl)C(=O)n1ccnc1. The summed E-state index contributed by atoms with van der Waals surface area (Å²) < 4.78 is 30.5. The molecule has 49 heavy (non-hydrogen) atoms. The molecule has 0 bridgehead atoms. The number of sulfone groups is 1. The van der Waals surface area contributed by atoms with Crippen LogP contribution < -0.4 is 15.4 Å². The molecule has 1 aromatic heterocycles. The van der Waals surface area contributed by atoms with E-state index < -0.39 is 14.8 Å². The van der Waals surface area contributed by atoms with Crippen LogP contribution in [0.3, 0.4) is 0 Å². The molecule has 2 aromatic carbocycles. The lowest BCUT2D eigenvalue weighted by Gasteiger charge is -2.29. The van der Waals surface area contributed by atoms with Gasteiger partial charge in [0.2, 0.25) is 5.91 Å². The molecule has 1 fully saturated rings. The number of hydrogen-bond donors (Lipinski definition) is 2. The summed E-state index contributed by atoms with van der Waals surface area (Å²) in [4.78, 5) is 40.7. The molecule has 4 rings (SSSR count). The number of carbonyl (C=O) groups excluding carboxylic acids is 2. The van der Waals surface area contributed by atoms with E-state index in [4.69, 9.17) is 39.5 Å². The molecular formula is C32H41Cl3N6O7S. The number of ether oxygens (including phenoxy) is 1. The Morgan fingerprint density at radius 3 is 2.29 bits per heavy atom. The van der Waals surface area contributed by atoms with Crippen LogP contribution in [-0.4, -0.2) is 77.8 Å². The third-order valence-corrected chi connectivity index (χ3v) is 9.43. The summed E-state index contributed by atoms with van der Waals surface area (Å²) in [5.41, 5.74) is 0.0464. The van der Waals surface area contributed by atoms with Crippen molar-refractivity contribution in [1.82, 2.24) is 19.8 Å². The fourth-order valence-corrected chi connectivity index (χ4v) is 6.75. The summed E-state index contributed by atoms with van der Waals surface area (Å²) in [6, 6.07) is 6.79. The van der Waals surface area contributed by atoms with E-state index in [-0.39, 0.29) is 52.8 Å². The second kappa shape index (κ2) is 18.4. The Kier molecular flexibility index (Phi) is 15.0. The highest BCUT2D eigenvalue weighted by molar-refractivity contribution is 7.90. The molecule has 0 atom stereocenters. The third-order valence-electron chi connectivity index (χ3n) is 7.54. The van der Waals surface area contributed by atoms with E-state index in [0.717, 1.165) is 12.7 Å². The molecule has 1 heterocycles. The van der Waals surface area contributed by atoms with E-state index in [1.807, 2.05) is 20.8 Å². The van der Waals surface area contributed by atoms with Crippen molar-refractivity contribution >= 4 is 68.0 Å². The van der Waals surface area contributed by atoms with Crippen molar-refractivity contribution in [2.45, 2.75) is 69.9 Å². The molecule has 1 aliphatic rings. The number of nitro benzene ring substituents is 1. The van der Waals surface area contributed by atoms with Crippen molar-refractivity contribution in [3.05, 3.63) is 74.2 Å². The standard InChI is InChI=1S/C17H25N3O5S.C15H16Cl3N3O2/c1-11(2)18-17(21)12-4-6-13(7-5-12)19-15-10-14(26(3,24)25)8-9-16(15)20(22)23;1-2-4-20(15(22)21-5-3-19-10-21)6-7-23-14-12(17)8-11(16)9-13(14)18/h8-13,19H,4-7H2,1-3H3,(H,18,21);3,5,8-10H,2,4,6-7H2,1H3. The van der Waals surface area contributed by atoms with Crippen LogP contribution >= 0.6 is 34.8 Å². The van der Waals surface area contributed by atoms with Gasteiger partial charge in [0.1, 0.15) is 18.6 Å². The van der Waals surface area contributed by atoms with Crippen molar-refractivity contribution in [2.75, 3.05) is 31.3 Å². The molecule has 1 saturated carbocycles. The number of aromatic nitrogens is 2. The molecule has 17 heteroatoms. The normalized spacial score (nSPS) is 15.9. The number of halogens is 3. The summed E-state index contributed by atoms with van der Waals surface area (Å²) in [5.74, 6) is 0.362. The van der Waals surface area contributed by atoms with Gasteiger partial charge in [-0.25, -0.2) is 18.2 Å². The first-order chi connectivity index (χ1) is 23.1. The van der Waals surface area contributed by atoms with Crippen LogP contribution in [0.15, 0.2) is 53.9 Å². The average molecular weight is 760 g/mol. The first-order valence-corrected chi connectivity index (χ1v) is 18.7. The van der Waals surface area contributed by atoms with Crippen molar-refractivity contribution in [1.29, 1.82) is 0 Å². The predicted octanol–water partition coefficient (Wildman–Crippen LogP) is 7.10. The van der Waals surface area contributed by atoms with Gasteiger partial charge >= 0.3 is 6.03 Å². The molecular weight excluding hydrogens is 719 g/mol.